The first kappa shape index (κ1) is 22.7. The van der Waals surface area contributed by atoms with E-state index in [1.807, 2.05) is 13.8 Å². The van der Waals surface area contributed by atoms with Crippen LogP contribution in [-0.4, -0.2) is 46.3 Å². The van der Waals surface area contributed by atoms with E-state index >= 15 is 0 Å². The van der Waals surface area contributed by atoms with Crippen LogP contribution in [0.5, 0.6) is 5.88 Å². The van der Waals surface area contributed by atoms with E-state index in [4.69, 9.17) is 15.6 Å². The Kier molecular flexibility index (Phi) is 7.34. The monoisotopic (exact) mass is 420 g/mol. The normalized spacial score (nSPS) is 12.7. The summed E-state index contributed by atoms with van der Waals surface area (Å²) in [5, 5.41) is 17.2. The van der Waals surface area contributed by atoms with E-state index in [0.29, 0.717) is 11.6 Å². The van der Waals surface area contributed by atoms with Gasteiger partial charge in [-0.2, -0.15) is 0 Å². The Balaban J connectivity index is 2.41. The molecule has 0 unspecified atom stereocenters. The summed E-state index contributed by atoms with van der Waals surface area (Å²) in [4.78, 5) is 31.0. The van der Waals surface area contributed by atoms with Crippen LogP contribution in [0.3, 0.4) is 0 Å². The number of hydrogen-bond donors (Lipinski definition) is 5. The first-order valence-electron chi connectivity index (χ1n) is 9.15. The number of ether oxygens (including phenoxy) is 1. The van der Waals surface area contributed by atoms with Crippen molar-refractivity contribution in [2.24, 2.45) is 11.7 Å². The summed E-state index contributed by atoms with van der Waals surface area (Å²) < 4.78 is 19.7. The summed E-state index contributed by atoms with van der Waals surface area (Å²) in [7, 11) is 1.46. The molecule has 0 spiro atoms. The van der Waals surface area contributed by atoms with Gasteiger partial charge >= 0.3 is 6.09 Å². The van der Waals surface area contributed by atoms with Crippen molar-refractivity contribution in [3.63, 3.8) is 0 Å². The molecule has 2 heterocycles. The molecular formula is C19H25FN6O4. The molecule has 0 aliphatic heterocycles. The van der Waals surface area contributed by atoms with Crippen LogP contribution in [0.4, 0.5) is 26.5 Å². The summed E-state index contributed by atoms with van der Waals surface area (Å²) in [6, 6.07) is 3.14. The molecule has 6 N–H and O–H groups in total. The number of nitrogens with zero attached hydrogens (tertiary/aromatic N) is 2. The molecule has 2 atom stereocenters. The van der Waals surface area contributed by atoms with Crippen molar-refractivity contribution < 1.29 is 23.8 Å². The fourth-order valence-corrected chi connectivity index (χ4v) is 2.92. The molecule has 2 aromatic heterocycles. The minimum Gasteiger partial charge on any atom is -0.481 e. The van der Waals surface area contributed by atoms with E-state index in [1.54, 1.807) is 19.1 Å². The van der Waals surface area contributed by atoms with Gasteiger partial charge in [-0.15, -0.1) is 0 Å². The van der Waals surface area contributed by atoms with Crippen LogP contribution in [0.25, 0.3) is 0 Å². The van der Waals surface area contributed by atoms with Crippen LogP contribution in [-0.2, 0) is 0 Å². The highest BCUT2D eigenvalue weighted by atomic mass is 19.1. The number of hydrogen-bond acceptors (Lipinski definition) is 7. The zero-order valence-electron chi connectivity index (χ0n) is 17.1. The van der Waals surface area contributed by atoms with Crippen molar-refractivity contribution in [3.05, 3.63) is 35.8 Å². The summed E-state index contributed by atoms with van der Waals surface area (Å²) in [5.74, 6) is -1.52. The lowest BCUT2D eigenvalue weighted by molar-refractivity contribution is 0.1000. The van der Waals surface area contributed by atoms with E-state index in [9.17, 15) is 14.0 Å². The lowest BCUT2D eigenvalue weighted by Crippen LogP contribution is -2.47. The van der Waals surface area contributed by atoms with Gasteiger partial charge in [-0.25, -0.2) is 19.2 Å². The first-order chi connectivity index (χ1) is 14.1. The molecule has 0 saturated heterocycles. The molecule has 162 valence electrons. The van der Waals surface area contributed by atoms with Crippen molar-refractivity contribution in [2.75, 3.05) is 17.7 Å². The van der Waals surface area contributed by atoms with Gasteiger partial charge in [0.2, 0.25) is 5.88 Å². The van der Waals surface area contributed by atoms with Gasteiger partial charge in [0, 0.05) is 30.0 Å². The predicted octanol–water partition coefficient (Wildman–Crippen LogP) is 2.56. The van der Waals surface area contributed by atoms with Crippen LogP contribution < -0.4 is 26.4 Å². The van der Waals surface area contributed by atoms with Crippen molar-refractivity contribution in [1.82, 2.24) is 15.3 Å². The standard InChI is InChI=1S/C19H25FN6O4/c1-9(2)15(10(3)23-19(28)29)25-18-13(20)8-12(16(21)27)17(26-18)24-11-5-6-22-14(7-11)30-4/h5-10,15,23H,1-4H3,(H2,21,27)(H,28,29)(H2,22,24,25,26)/t10-,15-/m0/s1. The number of methoxy groups -OCH3 is 1. The Morgan fingerprint density at radius 2 is 1.93 bits per heavy atom. The fourth-order valence-electron chi connectivity index (χ4n) is 2.92. The highest BCUT2D eigenvalue weighted by Gasteiger charge is 2.25. The molecule has 2 amide bonds. The quantitative estimate of drug-likeness (QED) is 0.415. The molecule has 0 aliphatic carbocycles. The summed E-state index contributed by atoms with van der Waals surface area (Å²) in [5.41, 5.74) is 5.73. The maximum atomic E-state index is 14.7. The molecule has 2 rings (SSSR count). The topological polar surface area (TPSA) is 151 Å². The van der Waals surface area contributed by atoms with E-state index in [0.717, 1.165) is 6.07 Å². The summed E-state index contributed by atoms with van der Waals surface area (Å²) in [6.45, 7) is 5.37. The molecule has 0 fully saturated rings. The second kappa shape index (κ2) is 9.72. The molecule has 2 aromatic rings. The minimum atomic E-state index is -1.19. The Morgan fingerprint density at radius 3 is 2.50 bits per heavy atom. The van der Waals surface area contributed by atoms with Crippen LogP contribution in [0.15, 0.2) is 24.4 Å². The second-order valence-electron chi connectivity index (χ2n) is 6.94. The molecule has 0 aliphatic rings. The smallest absolute Gasteiger partial charge is 0.404 e. The van der Waals surface area contributed by atoms with Crippen molar-refractivity contribution in [2.45, 2.75) is 32.9 Å². The van der Waals surface area contributed by atoms with Gasteiger partial charge in [0.05, 0.1) is 12.7 Å². The molecule has 0 bridgehead atoms. The number of carbonyl (C=O) groups is 2. The lowest BCUT2D eigenvalue weighted by atomic mass is 9.97. The SMILES string of the molecule is COc1cc(Nc2nc(N[C@@H](C(C)C)[C@H](C)NC(=O)O)c(F)cc2C(N)=O)ccn1. The number of amides is 2. The molecule has 0 aromatic carbocycles. The number of rotatable bonds is 9. The molecule has 10 nitrogen and oxygen atoms in total. The van der Waals surface area contributed by atoms with E-state index < -0.39 is 29.9 Å². The Bertz CT molecular complexity index is 924. The van der Waals surface area contributed by atoms with Crippen LogP contribution in [0.2, 0.25) is 0 Å². The molecular weight excluding hydrogens is 395 g/mol. The van der Waals surface area contributed by atoms with Gasteiger partial charge in [-0.1, -0.05) is 13.8 Å². The number of primary amides is 1. The number of aromatic nitrogens is 2. The predicted molar refractivity (Wildman–Crippen MR) is 110 cm³/mol. The number of nitrogens with one attached hydrogen (secondary N) is 3. The van der Waals surface area contributed by atoms with Crippen LogP contribution >= 0.6 is 0 Å². The first-order valence-corrected chi connectivity index (χ1v) is 9.15. The number of halogens is 1. The summed E-state index contributed by atoms with van der Waals surface area (Å²) in [6.07, 6.45) is 0.295. The number of anilines is 3. The van der Waals surface area contributed by atoms with Crippen LogP contribution in [0, 0.1) is 11.7 Å². The Morgan fingerprint density at radius 1 is 1.23 bits per heavy atom. The highest BCUT2D eigenvalue weighted by Crippen LogP contribution is 2.26. The third-order valence-electron chi connectivity index (χ3n) is 4.36. The molecule has 11 heteroatoms. The average molecular weight is 420 g/mol. The lowest BCUT2D eigenvalue weighted by Gasteiger charge is -2.29. The van der Waals surface area contributed by atoms with E-state index in [-0.39, 0.29) is 23.1 Å². The van der Waals surface area contributed by atoms with Gasteiger partial charge in [-0.05, 0) is 25.0 Å². The van der Waals surface area contributed by atoms with Crippen molar-refractivity contribution in [3.8, 4) is 5.88 Å². The van der Waals surface area contributed by atoms with Gasteiger partial charge in [0.15, 0.2) is 11.6 Å². The highest BCUT2D eigenvalue weighted by molar-refractivity contribution is 5.98. The largest absolute Gasteiger partial charge is 0.481 e. The zero-order chi connectivity index (χ0) is 22.4. The number of carboxylic acid groups (broad SMARTS) is 1. The van der Waals surface area contributed by atoms with Crippen molar-refractivity contribution in [1.29, 1.82) is 0 Å². The third kappa shape index (κ3) is 5.69. The maximum absolute atomic E-state index is 14.7. The Hall–Kier alpha value is -3.63. The molecule has 30 heavy (non-hydrogen) atoms. The molecule has 0 saturated carbocycles. The minimum absolute atomic E-state index is 0.0287. The average Bonchev–Trinajstić information content (AvgIpc) is 2.66. The van der Waals surface area contributed by atoms with Gasteiger partial charge in [-0.3, -0.25) is 4.79 Å². The summed E-state index contributed by atoms with van der Waals surface area (Å²) >= 11 is 0. The van der Waals surface area contributed by atoms with Gasteiger partial charge in [0.25, 0.3) is 5.91 Å². The van der Waals surface area contributed by atoms with Crippen LogP contribution in [0.1, 0.15) is 31.1 Å². The van der Waals surface area contributed by atoms with Crippen molar-refractivity contribution >= 4 is 29.3 Å². The third-order valence-corrected chi connectivity index (χ3v) is 4.36. The zero-order valence-corrected chi connectivity index (χ0v) is 17.1. The van der Waals surface area contributed by atoms with Gasteiger partial charge in [0.1, 0.15) is 5.82 Å². The van der Waals surface area contributed by atoms with Gasteiger partial charge < -0.3 is 31.5 Å². The van der Waals surface area contributed by atoms with E-state index in [2.05, 4.69) is 25.9 Å². The maximum Gasteiger partial charge on any atom is 0.404 e. The number of pyridine rings is 2. The Labute approximate surface area is 173 Å². The molecule has 0 radical (unpaired) electrons. The number of nitrogens with two attached hydrogens (primary N) is 1. The van der Waals surface area contributed by atoms with E-state index in [1.165, 1.54) is 13.3 Å². The second-order valence-corrected chi connectivity index (χ2v) is 6.94. The fraction of sp³-hybridized carbons (Fsp3) is 0.368. The number of carbonyl (C=O) groups excluding carboxylic acids is 1.